The second-order valence-corrected chi connectivity index (χ2v) is 8.27. The minimum atomic E-state index is -0.632. The summed E-state index contributed by atoms with van der Waals surface area (Å²) in [7, 11) is 1.74. The molecule has 0 saturated carbocycles. The molecule has 3 aromatic rings. The van der Waals surface area contributed by atoms with Crippen LogP contribution in [0.1, 0.15) is 31.1 Å². The van der Waals surface area contributed by atoms with E-state index in [1.807, 2.05) is 57.2 Å². The highest BCUT2D eigenvalue weighted by Gasteiger charge is 2.36. The second-order valence-electron chi connectivity index (χ2n) is 8.27. The number of carbonyl (C=O) groups excluding carboxylic acids is 2. The highest BCUT2D eigenvalue weighted by molar-refractivity contribution is 6.15. The Morgan fingerprint density at radius 1 is 1.16 bits per heavy atom. The van der Waals surface area contributed by atoms with Gasteiger partial charge in [-0.05, 0) is 49.7 Å². The summed E-state index contributed by atoms with van der Waals surface area (Å²) in [6, 6.07) is 16.8. The lowest BCUT2D eigenvalue weighted by Crippen LogP contribution is -2.39. The van der Waals surface area contributed by atoms with Crippen LogP contribution in [0.3, 0.4) is 0 Å². The van der Waals surface area contributed by atoms with Crippen LogP contribution in [0.5, 0.6) is 11.5 Å². The van der Waals surface area contributed by atoms with Crippen LogP contribution < -0.4 is 19.7 Å². The first-order chi connectivity index (χ1) is 14.8. The van der Waals surface area contributed by atoms with Crippen LogP contribution in [-0.2, 0) is 4.79 Å². The van der Waals surface area contributed by atoms with Gasteiger partial charge in [-0.15, -0.1) is 0 Å². The van der Waals surface area contributed by atoms with Gasteiger partial charge in [0.1, 0.15) is 18.1 Å². The van der Waals surface area contributed by atoms with E-state index in [1.54, 1.807) is 30.1 Å². The summed E-state index contributed by atoms with van der Waals surface area (Å²) in [4.78, 5) is 27.5. The second kappa shape index (κ2) is 7.95. The van der Waals surface area contributed by atoms with Gasteiger partial charge in [-0.1, -0.05) is 30.3 Å². The molecule has 0 aromatic heterocycles. The zero-order valence-corrected chi connectivity index (χ0v) is 18.2. The summed E-state index contributed by atoms with van der Waals surface area (Å²) in [6.45, 7) is 6.33. The smallest absolute Gasteiger partial charge is 0.260 e. The molecule has 1 aliphatic heterocycles. The van der Waals surface area contributed by atoms with Gasteiger partial charge in [0.2, 0.25) is 5.91 Å². The van der Waals surface area contributed by atoms with Crippen molar-refractivity contribution in [2.45, 2.75) is 20.8 Å². The van der Waals surface area contributed by atoms with E-state index in [2.05, 4.69) is 5.32 Å². The number of hydrogen-bond donors (Lipinski definition) is 1. The van der Waals surface area contributed by atoms with Crippen LogP contribution in [0.25, 0.3) is 10.8 Å². The molecule has 1 N–H and O–H groups in total. The first-order valence-electron chi connectivity index (χ1n) is 10.3. The molecule has 0 spiro atoms. The molecule has 0 saturated heterocycles. The Labute approximate surface area is 181 Å². The van der Waals surface area contributed by atoms with Crippen molar-refractivity contribution in [2.24, 2.45) is 5.41 Å². The molecule has 31 heavy (non-hydrogen) atoms. The number of benzene rings is 3. The van der Waals surface area contributed by atoms with Gasteiger partial charge in [0.25, 0.3) is 5.91 Å². The van der Waals surface area contributed by atoms with Gasteiger partial charge in [0.05, 0.1) is 23.3 Å². The molecule has 1 aliphatic rings. The van der Waals surface area contributed by atoms with Gasteiger partial charge in [-0.25, -0.2) is 0 Å². The Morgan fingerprint density at radius 3 is 2.71 bits per heavy atom. The van der Waals surface area contributed by atoms with Crippen molar-refractivity contribution < 1.29 is 19.1 Å². The number of ether oxygens (including phenoxy) is 2. The Balaban J connectivity index is 1.69. The van der Waals surface area contributed by atoms with Crippen LogP contribution in [-0.4, -0.2) is 32.1 Å². The molecule has 0 atom stereocenters. The fourth-order valence-electron chi connectivity index (χ4n) is 3.82. The largest absolute Gasteiger partial charge is 0.493 e. The number of rotatable bonds is 4. The van der Waals surface area contributed by atoms with E-state index in [9.17, 15) is 9.59 Å². The molecular weight excluding hydrogens is 392 g/mol. The van der Waals surface area contributed by atoms with Crippen molar-refractivity contribution in [3.8, 4) is 11.5 Å². The van der Waals surface area contributed by atoms with Gasteiger partial charge in [-0.3, -0.25) is 9.59 Å². The molecular formula is C25H26N2O4. The zero-order valence-electron chi connectivity index (χ0n) is 18.2. The average Bonchev–Trinajstić information content (AvgIpc) is 2.84. The SMILES string of the molecule is CCOc1ccc2ccccc2c1C(=O)Nc1ccc2c(c1)OCC(C)(C)C(=O)N2C. The Morgan fingerprint density at radius 2 is 1.94 bits per heavy atom. The molecule has 0 fully saturated rings. The van der Waals surface area contributed by atoms with E-state index in [0.717, 1.165) is 10.8 Å². The third kappa shape index (κ3) is 3.81. The lowest BCUT2D eigenvalue weighted by atomic mass is 9.93. The lowest BCUT2D eigenvalue weighted by Gasteiger charge is -2.24. The fraction of sp³-hybridized carbons (Fsp3) is 0.280. The van der Waals surface area contributed by atoms with Crippen LogP contribution in [0.15, 0.2) is 54.6 Å². The first-order valence-corrected chi connectivity index (χ1v) is 10.3. The predicted molar refractivity (Wildman–Crippen MR) is 122 cm³/mol. The monoisotopic (exact) mass is 418 g/mol. The fourth-order valence-corrected chi connectivity index (χ4v) is 3.82. The van der Waals surface area contributed by atoms with E-state index in [4.69, 9.17) is 9.47 Å². The summed E-state index contributed by atoms with van der Waals surface area (Å²) in [5, 5.41) is 4.75. The molecule has 0 bridgehead atoms. The van der Waals surface area contributed by atoms with Crippen LogP contribution in [0.4, 0.5) is 11.4 Å². The normalized spacial score (nSPS) is 15.1. The molecule has 2 amide bonds. The highest BCUT2D eigenvalue weighted by Crippen LogP contribution is 2.38. The number of nitrogens with one attached hydrogen (secondary N) is 1. The molecule has 4 rings (SSSR count). The third-order valence-corrected chi connectivity index (χ3v) is 5.47. The maximum absolute atomic E-state index is 13.3. The van der Waals surface area contributed by atoms with Crippen molar-refractivity contribution in [1.29, 1.82) is 0 Å². The maximum atomic E-state index is 13.3. The molecule has 0 radical (unpaired) electrons. The van der Waals surface area contributed by atoms with Crippen molar-refractivity contribution >= 4 is 34.0 Å². The summed E-state index contributed by atoms with van der Waals surface area (Å²) in [6.07, 6.45) is 0. The number of nitrogens with zero attached hydrogens (tertiary/aromatic N) is 1. The van der Waals surface area contributed by atoms with Crippen molar-refractivity contribution in [3.63, 3.8) is 0 Å². The zero-order chi connectivity index (χ0) is 22.2. The van der Waals surface area contributed by atoms with E-state index >= 15 is 0 Å². The number of hydrogen-bond acceptors (Lipinski definition) is 4. The standard InChI is InChI=1S/C25H26N2O4/c1-5-30-20-13-10-16-8-6-7-9-18(16)22(20)23(28)26-17-11-12-19-21(14-17)31-15-25(2,3)24(29)27(19)4/h6-14H,5,15H2,1-4H3,(H,26,28). The van der Waals surface area contributed by atoms with Gasteiger partial charge in [0.15, 0.2) is 0 Å². The topological polar surface area (TPSA) is 67.9 Å². The van der Waals surface area contributed by atoms with E-state index in [0.29, 0.717) is 35.0 Å². The van der Waals surface area contributed by atoms with Gasteiger partial charge < -0.3 is 19.7 Å². The number of fused-ring (bicyclic) bond motifs is 2. The first kappa shape index (κ1) is 20.7. The lowest BCUT2D eigenvalue weighted by molar-refractivity contribution is -0.127. The number of amides is 2. The summed E-state index contributed by atoms with van der Waals surface area (Å²) >= 11 is 0. The molecule has 0 aliphatic carbocycles. The van der Waals surface area contributed by atoms with Gasteiger partial charge in [0, 0.05) is 18.8 Å². The minimum absolute atomic E-state index is 0.0138. The van der Waals surface area contributed by atoms with Crippen LogP contribution >= 0.6 is 0 Å². The molecule has 3 aromatic carbocycles. The summed E-state index contributed by atoms with van der Waals surface area (Å²) in [5.41, 5.74) is 1.12. The molecule has 6 nitrogen and oxygen atoms in total. The quantitative estimate of drug-likeness (QED) is 0.656. The van der Waals surface area contributed by atoms with E-state index < -0.39 is 5.41 Å². The van der Waals surface area contributed by atoms with Crippen LogP contribution in [0.2, 0.25) is 0 Å². The van der Waals surface area contributed by atoms with Gasteiger partial charge in [-0.2, -0.15) is 0 Å². The summed E-state index contributed by atoms with van der Waals surface area (Å²) in [5.74, 6) is 0.817. The van der Waals surface area contributed by atoms with Crippen molar-refractivity contribution in [3.05, 3.63) is 60.2 Å². The number of anilines is 2. The summed E-state index contributed by atoms with van der Waals surface area (Å²) < 4.78 is 11.7. The highest BCUT2D eigenvalue weighted by atomic mass is 16.5. The Bertz CT molecular complexity index is 1170. The van der Waals surface area contributed by atoms with E-state index in [-0.39, 0.29) is 18.4 Å². The minimum Gasteiger partial charge on any atom is -0.493 e. The number of carbonyl (C=O) groups is 2. The molecule has 1 heterocycles. The van der Waals surface area contributed by atoms with E-state index in [1.165, 1.54) is 0 Å². The third-order valence-electron chi connectivity index (χ3n) is 5.47. The van der Waals surface area contributed by atoms with Crippen LogP contribution in [0, 0.1) is 5.41 Å². The van der Waals surface area contributed by atoms with Crippen molar-refractivity contribution in [2.75, 3.05) is 30.5 Å². The van der Waals surface area contributed by atoms with Crippen molar-refractivity contribution in [1.82, 2.24) is 0 Å². The maximum Gasteiger partial charge on any atom is 0.260 e. The Hall–Kier alpha value is -3.54. The average molecular weight is 418 g/mol. The predicted octanol–water partition coefficient (Wildman–Crippen LogP) is 4.87. The molecule has 6 heteroatoms. The van der Waals surface area contributed by atoms with Gasteiger partial charge >= 0.3 is 0 Å². The molecule has 160 valence electrons. The molecule has 0 unspecified atom stereocenters. The Kier molecular flexibility index (Phi) is 5.31.